The van der Waals surface area contributed by atoms with Crippen molar-refractivity contribution in [2.24, 2.45) is 0 Å². The van der Waals surface area contributed by atoms with Gasteiger partial charge in [0.25, 0.3) is 9.70 Å². The van der Waals surface area contributed by atoms with Crippen molar-refractivity contribution in [3.63, 3.8) is 0 Å². The highest BCUT2D eigenvalue weighted by atomic mass is 35.6. The largest absolute Gasteiger partial charge is 0.447 e. The lowest BCUT2D eigenvalue weighted by Crippen LogP contribution is -2.51. The molecule has 1 atom stereocenters. The highest BCUT2D eigenvalue weighted by Gasteiger charge is 2.41. The van der Waals surface area contributed by atoms with Crippen LogP contribution in [0.1, 0.15) is 43.0 Å². The minimum Gasteiger partial charge on any atom is -0.447 e. The Labute approximate surface area is 236 Å². The normalized spacial score (nSPS) is 20.3. The zero-order valence-electron chi connectivity index (χ0n) is 20.4. The molecule has 38 heavy (non-hydrogen) atoms. The summed E-state index contributed by atoms with van der Waals surface area (Å²) < 4.78 is 21.4. The maximum absolute atomic E-state index is 12.8. The molecule has 2 N–H and O–H groups in total. The number of fused-ring (bicyclic) bond motifs is 1. The first-order valence-electron chi connectivity index (χ1n) is 12.0. The highest BCUT2D eigenvalue weighted by Crippen LogP contribution is 2.39. The third-order valence-corrected chi connectivity index (χ3v) is 8.68. The van der Waals surface area contributed by atoms with E-state index >= 15 is 0 Å². The summed E-state index contributed by atoms with van der Waals surface area (Å²) in [5.74, 6) is 1.00. The van der Waals surface area contributed by atoms with Gasteiger partial charge in [-0.1, -0.05) is 40.9 Å². The molecule has 2 aliphatic heterocycles. The molecule has 0 aromatic carbocycles. The Morgan fingerprint density at radius 1 is 1.24 bits per heavy atom. The van der Waals surface area contributed by atoms with Gasteiger partial charge in [-0.15, -0.1) is 0 Å². The average molecular weight is 604 g/mol. The first kappa shape index (κ1) is 27.2. The second-order valence-corrected chi connectivity index (χ2v) is 13.2. The fourth-order valence-corrected chi connectivity index (χ4v) is 5.97. The molecule has 0 radical (unpaired) electrons. The van der Waals surface area contributed by atoms with Gasteiger partial charge in [0.05, 0.1) is 27.7 Å². The number of nitrogens with one attached hydrogen (secondary N) is 2. The molecular weight excluding hydrogens is 579 g/mol. The quantitative estimate of drug-likeness (QED) is 0.470. The number of aromatic nitrogens is 3. The highest BCUT2D eigenvalue weighted by molar-refractivity contribution is 7.85. The number of carbonyl (C=O) groups is 2. The van der Waals surface area contributed by atoms with E-state index in [1.54, 1.807) is 6.26 Å². The number of carbonyl (C=O) groups excluding carboxylic acids is 2. The number of ether oxygens (including phenoxy) is 1. The van der Waals surface area contributed by atoms with Crippen molar-refractivity contribution < 1.29 is 23.0 Å². The molecule has 0 spiro atoms. The fourth-order valence-electron chi connectivity index (χ4n) is 4.52. The van der Waals surface area contributed by atoms with Crippen molar-refractivity contribution in [3.05, 3.63) is 29.6 Å². The predicted octanol–water partition coefficient (Wildman–Crippen LogP) is 3.69. The molecule has 1 saturated carbocycles. The van der Waals surface area contributed by atoms with Gasteiger partial charge in [0, 0.05) is 30.8 Å². The van der Waals surface area contributed by atoms with Gasteiger partial charge < -0.3 is 19.4 Å². The molecule has 0 saturated heterocycles. The maximum atomic E-state index is 12.8. The van der Waals surface area contributed by atoms with Crippen LogP contribution in [-0.4, -0.2) is 65.9 Å². The molecule has 0 bridgehead atoms. The minimum atomic E-state index is -2.29. The molecule has 204 valence electrons. The van der Waals surface area contributed by atoms with Gasteiger partial charge >= 0.3 is 6.09 Å². The van der Waals surface area contributed by atoms with Crippen molar-refractivity contribution >= 4 is 74.9 Å². The zero-order valence-corrected chi connectivity index (χ0v) is 23.5. The number of rotatable bonds is 6. The number of hydrogen-bond acceptors (Lipinski definition) is 10. The number of alkyl halides is 3. The first-order chi connectivity index (χ1) is 18.0. The van der Waals surface area contributed by atoms with E-state index < -0.39 is 32.1 Å². The van der Waals surface area contributed by atoms with Crippen LogP contribution in [-0.2, 0) is 26.8 Å². The monoisotopic (exact) mass is 602 g/mol. The Morgan fingerprint density at radius 3 is 2.63 bits per heavy atom. The first-order valence-corrected chi connectivity index (χ1v) is 14.5. The van der Waals surface area contributed by atoms with E-state index in [1.807, 2.05) is 17.1 Å². The maximum Gasteiger partial charge on any atom is 0.414 e. The number of halogens is 3. The molecule has 5 rings (SSSR count). The van der Waals surface area contributed by atoms with E-state index in [9.17, 15) is 13.8 Å². The Kier molecular flexibility index (Phi) is 7.60. The van der Waals surface area contributed by atoms with Crippen LogP contribution in [0, 0.1) is 6.92 Å². The molecule has 1 fully saturated rings. The Balaban J connectivity index is 1.32. The minimum absolute atomic E-state index is 0.0574. The second kappa shape index (κ2) is 10.6. The van der Waals surface area contributed by atoms with Gasteiger partial charge in [-0.2, -0.15) is 4.98 Å². The van der Waals surface area contributed by atoms with Crippen LogP contribution in [0.4, 0.5) is 16.6 Å². The molecule has 15 heteroatoms. The fraction of sp³-hybridized carbons (Fsp3) is 0.522. The van der Waals surface area contributed by atoms with Crippen molar-refractivity contribution in [2.75, 3.05) is 35.7 Å². The van der Waals surface area contributed by atoms with E-state index in [1.165, 1.54) is 0 Å². The summed E-state index contributed by atoms with van der Waals surface area (Å²) in [6.07, 6.45) is 6.23. The third-order valence-electron chi connectivity index (χ3n) is 6.71. The SMILES string of the molecule is Cc1coc(C2=CCN(c3nc4c(c(NC5(COC(=O)NC(=O)C(Cl)(Cl)Cl)CCC5)n3)[S@](=O)CC4)CC2)n1. The third kappa shape index (κ3) is 5.78. The standard InChI is InChI=1S/C23H25Cl3N6O5S/c1-13-11-36-18(27-13)14-3-8-32(9-4-14)20-28-15-5-10-38(35)16(15)17(29-20)31-22(6-2-7-22)12-37-21(34)30-19(33)23(24,25)26/h3,11H,2,4-10,12H2,1H3,(H,28,29,31)(H,30,33,34)/t38-/m1/s1. The summed E-state index contributed by atoms with van der Waals surface area (Å²) in [5.41, 5.74) is 1.98. The number of aryl methyl sites for hydroxylation is 2. The van der Waals surface area contributed by atoms with E-state index in [0.717, 1.165) is 29.8 Å². The van der Waals surface area contributed by atoms with Crippen LogP contribution < -0.4 is 15.5 Å². The van der Waals surface area contributed by atoms with Crippen LogP contribution in [0.2, 0.25) is 0 Å². The summed E-state index contributed by atoms with van der Waals surface area (Å²) in [4.78, 5) is 40.4. The van der Waals surface area contributed by atoms with Crippen LogP contribution in [0.3, 0.4) is 0 Å². The van der Waals surface area contributed by atoms with Crippen molar-refractivity contribution in [3.8, 4) is 0 Å². The molecule has 1 aliphatic carbocycles. The number of oxazole rings is 1. The van der Waals surface area contributed by atoms with Gasteiger partial charge in [-0.25, -0.2) is 14.8 Å². The summed E-state index contributed by atoms with van der Waals surface area (Å²) in [6.45, 7) is 3.07. The average Bonchev–Trinajstić information content (AvgIpc) is 3.45. The number of imide groups is 1. The van der Waals surface area contributed by atoms with Gasteiger partial charge in [0.2, 0.25) is 11.8 Å². The second-order valence-electron chi connectivity index (χ2n) is 9.45. The number of hydrogen-bond donors (Lipinski definition) is 2. The summed E-state index contributed by atoms with van der Waals surface area (Å²) in [7, 11) is -1.24. The number of nitrogens with zero attached hydrogens (tertiary/aromatic N) is 4. The molecule has 4 heterocycles. The summed E-state index contributed by atoms with van der Waals surface area (Å²) in [5, 5.41) is 5.30. The Morgan fingerprint density at radius 2 is 2.03 bits per heavy atom. The number of anilines is 2. The molecule has 11 nitrogen and oxygen atoms in total. The smallest absolute Gasteiger partial charge is 0.414 e. The lowest BCUT2D eigenvalue weighted by molar-refractivity contribution is -0.119. The predicted molar refractivity (Wildman–Crippen MR) is 143 cm³/mol. The lowest BCUT2D eigenvalue weighted by atomic mass is 9.77. The number of amides is 2. The van der Waals surface area contributed by atoms with Crippen molar-refractivity contribution in [1.29, 1.82) is 0 Å². The Bertz CT molecular complexity index is 1320. The zero-order chi connectivity index (χ0) is 27.1. The van der Waals surface area contributed by atoms with Crippen molar-refractivity contribution in [2.45, 2.75) is 53.3 Å². The molecule has 2 aromatic heterocycles. The van der Waals surface area contributed by atoms with E-state index in [-0.39, 0.29) is 6.61 Å². The van der Waals surface area contributed by atoms with Crippen LogP contribution in [0.15, 0.2) is 21.7 Å². The van der Waals surface area contributed by atoms with Gasteiger partial charge in [0.15, 0.2) is 0 Å². The molecule has 2 aromatic rings. The van der Waals surface area contributed by atoms with Crippen LogP contribution in [0.25, 0.3) is 5.57 Å². The van der Waals surface area contributed by atoms with Crippen LogP contribution >= 0.6 is 34.8 Å². The molecule has 2 amide bonds. The van der Waals surface area contributed by atoms with E-state index in [0.29, 0.717) is 60.7 Å². The molecule has 3 aliphatic rings. The van der Waals surface area contributed by atoms with Crippen molar-refractivity contribution in [1.82, 2.24) is 20.3 Å². The van der Waals surface area contributed by atoms with Gasteiger partial charge in [-0.3, -0.25) is 14.3 Å². The lowest BCUT2D eigenvalue weighted by Gasteiger charge is -2.42. The molecule has 0 unspecified atom stereocenters. The number of alkyl carbamates (subject to hydrolysis) is 1. The summed E-state index contributed by atoms with van der Waals surface area (Å²) in [6, 6.07) is 0. The Hall–Kier alpha value is -2.41. The topological polar surface area (TPSA) is 140 Å². The van der Waals surface area contributed by atoms with E-state index in [4.69, 9.17) is 53.9 Å². The van der Waals surface area contributed by atoms with E-state index in [2.05, 4.69) is 16.4 Å². The van der Waals surface area contributed by atoms with Gasteiger partial charge in [-0.05, 0) is 32.6 Å². The van der Waals surface area contributed by atoms with Gasteiger partial charge in [0.1, 0.15) is 23.6 Å². The van der Waals surface area contributed by atoms with Crippen LogP contribution in [0.5, 0.6) is 0 Å². The summed E-state index contributed by atoms with van der Waals surface area (Å²) >= 11 is 16.5. The molecular formula is C23H25Cl3N6O5S.